The SMILES string of the molecule is COc1ccc(NCCC(=O)Nc2c(Cl)cccc2Cl)cc1Cl. The van der Waals surface area contributed by atoms with E-state index in [4.69, 9.17) is 39.5 Å². The van der Waals surface area contributed by atoms with Crippen molar-refractivity contribution in [2.24, 2.45) is 0 Å². The van der Waals surface area contributed by atoms with E-state index in [0.717, 1.165) is 5.69 Å². The van der Waals surface area contributed by atoms with E-state index in [0.29, 0.717) is 33.0 Å². The van der Waals surface area contributed by atoms with Crippen LogP contribution in [0.25, 0.3) is 0 Å². The van der Waals surface area contributed by atoms with Gasteiger partial charge in [-0.1, -0.05) is 40.9 Å². The molecular formula is C16H15Cl3N2O2. The highest BCUT2D eigenvalue weighted by atomic mass is 35.5. The first-order valence-corrected chi connectivity index (χ1v) is 7.96. The number of amides is 1. The van der Waals surface area contributed by atoms with Crippen molar-refractivity contribution in [2.45, 2.75) is 6.42 Å². The Bertz CT molecular complexity index is 687. The van der Waals surface area contributed by atoms with Crippen molar-refractivity contribution in [3.05, 3.63) is 51.5 Å². The fourth-order valence-corrected chi connectivity index (χ4v) is 2.67. The van der Waals surface area contributed by atoms with E-state index in [1.807, 2.05) is 6.07 Å². The molecule has 0 fully saturated rings. The lowest BCUT2D eigenvalue weighted by molar-refractivity contribution is -0.115. The molecule has 2 rings (SSSR count). The predicted octanol–water partition coefficient (Wildman–Crippen LogP) is 5.10. The zero-order chi connectivity index (χ0) is 16.8. The van der Waals surface area contributed by atoms with Gasteiger partial charge in [-0.3, -0.25) is 4.79 Å². The third-order valence-electron chi connectivity index (χ3n) is 3.06. The van der Waals surface area contributed by atoms with Crippen LogP contribution in [0.15, 0.2) is 36.4 Å². The molecule has 0 heterocycles. The van der Waals surface area contributed by atoms with Crippen molar-refractivity contribution in [1.29, 1.82) is 0 Å². The lowest BCUT2D eigenvalue weighted by Gasteiger charge is -2.11. The summed E-state index contributed by atoms with van der Waals surface area (Å²) in [4.78, 5) is 12.0. The molecule has 0 unspecified atom stereocenters. The van der Waals surface area contributed by atoms with Crippen LogP contribution in [0.3, 0.4) is 0 Å². The first-order chi connectivity index (χ1) is 11.0. The highest BCUT2D eigenvalue weighted by Gasteiger charge is 2.09. The lowest BCUT2D eigenvalue weighted by Crippen LogP contribution is -2.16. The number of carbonyl (C=O) groups excluding carboxylic acids is 1. The Balaban J connectivity index is 1.86. The van der Waals surface area contributed by atoms with E-state index in [2.05, 4.69) is 10.6 Å². The van der Waals surface area contributed by atoms with Crippen molar-refractivity contribution in [3.63, 3.8) is 0 Å². The second-order valence-corrected chi connectivity index (χ2v) is 5.89. The Morgan fingerprint density at radius 2 is 1.78 bits per heavy atom. The van der Waals surface area contributed by atoms with Crippen molar-refractivity contribution in [2.75, 3.05) is 24.3 Å². The minimum atomic E-state index is -0.188. The molecule has 2 aromatic carbocycles. The number of ether oxygens (including phenoxy) is 1. The van der Waals surface area contributed by atoms with Gasteiger partial charge in [-0.15, -0.1) is 0 Å². The summed E-state index contributed by atoms with van der Waals surface area (Å²) in [6, 6.07) is 10.4. The molecular weight excluding hydrogens is 359 g/mol. The van der Waals surface area contributed by atoms with Gasteiger partial charge in [0.15, 0.2) is 0 Å². The van der Waals surface area contributed by atoms with Crippen LogP contribution in [0.5, 0.6) is 5.75 Å². The highest BCUT2D eigenvalue weighted by Crippen LogP contribution is 2.30. The molecule has 0 bridgehead atoms. The molecule has 0 saturated carbocycles. The van der Waals surface area contributed by atoms with Gasteiger partial charge in [0.25, 0.3) is 0 Å². The topological polar surface area (TPSA) is 50.4 Å². The van der Waals surface area contributed by atoms with Gasteiger partial charge in [0.1, 0.15) is 5.75 Å². The van der Waals surface area contributed by atoms with Crippen molar-refractivity contribution in [3.8, 4) is 5.75 Å². The summed E-state index contributed by atoms with van der Waals surface area (Å²) in [6.45, 7) is 0.441. The summed E-state index contributed by atoms with van der Waals surface area (Å²) in [5, 5.41) is 7.13. The summed E-state index contributed by atoms with van der Waals surface area (Å²) >= 11 is 18.1. The Hall–Kier alpha value is -1.62. The largest absolute Gasteiger partial charge is 0.495 e. The first-order valence-electron chi connectivity index (χ1n) is 6.82. The molecule has 0 aromatic heterocycles. The maximum Gasteiger partial charge on any atom is 0.226 e. The molecule has 0 aliphatic rings. The minimum absolute atomic E-state index is 0.188. The Morgan fingerprint density at radius 3 is 2.39 bits per heavy atom. The molecule has 0 atom stereocenters. The first kappa shape index (κ1) is 17.7. The molecule has 0 radical (unpaired) electrons. The van der Waals surface area contributed by atoms with Crippen molar-refractivity contribution >= 4 is 52.1 Å². The van der Waals surface area contributed by atoms with E-state index in [9.17, 15) is 4.79 Å². The summed E-state index contributed by atoms with van der Waals surface area (Å²) in [6.07, 6.45) is 0.255. The van der Waals surface area contributed by atoms with Crippen LogP contribution in [0.4, 0.5) is 11.4 Å². The van der Waals surface area contributed by atoms with E-state index >= 15 is 0 Å². The molecule has 122 valence electrons. The number of para-hydroxylation sites is 1. The number of methoxy groups -OCH3 is 1. The molecule has 7 heteroatoms. The van der Waals surface area contributed by atoms with E-state index in [-0.39, 0.29) is 12.3 Å². The standard InChI is InChI=1S/C16H15Cl3N2O2/c1-23-14-6-5-10(9-13(14)19)20-8-7-15(22)21-16-11(17)3-2-4-12(16)18/h2-6,9,20H,7-8H2,1H3,(H,21,22). The van der Waals surface area contributed by atoms with Crippen LogP contribution in [-0.4, -0.2) is 19.6 Å². The van der Waals surface area contributed by atoms with Crippen LogP contribution in [0.2, 0.25) is 15.1 Å². The predicted molar refractivity (Wildman–Crippen MR) is 96.2 cm³/mol. The third kappa shape index (κ3) is 4.93. The van der Waals surface area contributed by atoms with Crippen molar-refractivity contribution < 1.29 is 9.53 Å². The van der Waals surface area contributed by atoms with Crippen LogP contribution < -0.4 is 15.4 Å². The summed E-state index contributed by atoms with van der Waals surface area (Å²) in [5.41, 5.74) is 1.23. The van der Waals surface area contributed by atoms with Gasteiger partial charge >= 0.3 is 0 Å². The second kappa shape index (κ2) is 8.29. The average molecular weight is 374 g/mol. The Kier molecular flexibility index (Phi) is 6.39. The van der Waals surface area contributed by atoms with Gasteiger partial charge in [0, 0.05) is 18.7 Å². The maximum absolute atomic E-state index is 12.0. The number of benzene rings is 2. The lowest BCUT2D eigenvalue weighted by atomic mass is 10.2. The second-order valence-electron chi connectivity index (χ2n) is 4.67. The van der Waals surface area contributed by atoms with Crippen LogP contribution in [-0.2, 0) is 4.79 Å². The number of rotatable bonds is 6. The quantitative estimate of drug-likeness (QED) is 0.741. The maximum atomic E-state index is 12.0. The number of carbonyl (C=O) groups is 1. The fraction of sp³-hybridized carbons (Fsp3) is 0.188. The number of hydrogen-bond donors (Lipinski definition) is 2. The van der Waals surface area contributed by atoms with Gasteiger partial charge in [-0.05, 0) is 30.3 Å². The number of nitrogens with one attached hydrogen (secondary N) is 2. The Morgan fingerprint density at radius 1 is 1.09 bits per heavy atom. The normalized spacial score (nSPS) is 10.3. The number of anilines is 2. The van der Waals surface area contributed by atoms with Gasteiger partial charge in [-0.25, -0.2) is 0 Å². The molecule has 2 aromatic rings. The Labute approximate surface area is 149 Å². The van der Waals surface area contributed by atoms with Crippen LogP contribution in [0.1, 0.15) is 6.42 Å². The monoisotopic (exact) mass is 372 g/mol. The minimum Gasteiger partial charge on any atom is -0.495 e. The molecule has 0 saturated heterocycles. The molecule has 0 aliphatic carbocycles. The molecule has 1 amide bonds. The highest BCUT2D eigenvalue weighted by molar-refractivity contribution is 6.39. The zero-order valence-electron chi connectivity index (χ0n) is 12.3. The molecule has 0 spiro atoms. The fourth-order valence-electron chi connectivity index (χ4n) is 1.92. The van der Waals surface area contributed by atoms with Gasteiger partial charge in [0.05, 0.1) is 27.9 Å². The number of hydrogen-bond acceptors (Lipinski definition) is 3. The molecule has 0 aliphatic heterocycles. The van der Waals surface area contributed by atoms with Gasteiger partial charge in [-0.2, -0.15) is 0 Å². The number of halogens is 3. The zero-order valence-corrected chi connectivity index (χ0v) is 14.6. The summed E-state index contributed by atoms with van der Waals surface area (Å²) in [5.74, 6) is 0.412. The summed E-state index contributed by atoms with van der Waals surface area (Å²) < 4.78 is 5.08. The van der Waals surface area contributed by atoms with Gasteiger partial charge < -0.3 is 15.4 Å². The van der Waals surface area contributed by atoms with Gasteiger partial charge in [0.2, 0.25) is 5.91 Å². The van der Waals surface area contributed by atoms with E-state index in [1.165, 1.54) is 0 Å². The van der Waals surface area contributed by atoms with Crippen LogP contribution >= 0.6 is 34.8 Å². The molecule has 23 heavy (non-hydrogen) atoms. The third-order valence-corrected chi connectivity index (χ3v) is 3.99. The smallest absolute Gasteiger partial charge is 0.226 e. The van der Waals surface area contributed by atoms with Crippen molar-refractivity contribution in [1.82, 2.24) is 0 Å². The summed E-state index contributed by atoms with van der Waals surface area (Å²) in [7, 11) is 1.55. The molecule has 2 N–H and O–H groups in total. The average Bonchev–Trinajstić information content (AvgIpc) is 2.51. The van der Waals surface area contributed by atoms with E-state index < -0.39 is 0 Å². The van der Waals surface area contributed by atoms with E-state index in [1.54, 1.807) is 37.4 Å². The van der Waals surface area contributed by atoms with Crippen LogP contribution in [0, 0.1) is 0 Å². The molecule has 4 nitrogen and oxygen atoms in total.